The van der Waals surface area contributed by atoms with Crippen molar-refractivity contribution in [2.75, 3.05) is 25.1 Å². The minimum Gasteiger partial charge on any atom is -0.387 e. The predicted octanol–water partition coefficient (Wildman–Crippen LogP) is 3.92. The number of hydrogen-bond donors (Lipinski definition) is 1. The van der Waals surface area contributed by atoms with Crippen molar-refractivity contribution in [2.45, 2.75) is 46.1 Å². The molecule has 2 aromatic carbocycles. The first-order chi connectivity index (χ1) is 18.6. The molecule has 0 unspecified atom stereocenters. The number of carbonyl (C=O) groups is 1. The van der Waals surface area contributed by atoms with E-state index >= 15 is 0 Å². The number of rotatable bonds is 10. The highest BCUT2D eigenvalue weighted by molar-refractivity contribution is 7.90. The van der Waals surface area contributed by atoms with E-state index < -0.39 is 9.84 Å². The van der Waals surface area contributed by atoms with Crippen LogP contribution in [0, 0.1) is 0 Å². The molecule has 0 saturated heterocycles. The maximum absolute atomic E-state index is 13.2. The Morgan fingerprint density at radius 1 is 1.08 bits per heavy atom. The van der Waals surface area contributed by atoms with E-state index in [9.17, 15) is 18.0 Å². The zero-order valence-electron chi connectivity index (χ0n) is 22.7. The molecular weight excluding hydrogens is 514 g/mol. The molecule has 3 aromatic rings. The monoisotopic (exact) mass is 549 g/mol. The summed E-state index contributed by atoms with van der Waals surface area (Å²) >= 11 is 0. The highest BCUT2D eigenvalue weighted by atomic mass is 32.2. The Hall–Kier alpha value is -3.79. The third-order valence-corrected chi connectivity index (χ3v) is 7.65. The van der Waals surface area contributed by atoms with Gasteiger partial charge < -0.3 is 10.6 Å². The lowest BCUT2D eigenvalue weighted by molar-refractivity contribution is -0.127. The number of nitrogens with two attached hydrogens (primary N) is 1. The van der Waals surface area contributed by atoms with Gasteiger partial charge in [0.1, 0.15) is 15.7 Å². The largest absolute Gasteiger partial charge is 0.387 e. The van der Waals surface area contributed by atoms with E-state index in [-0.39, 0.29) is 23.8 Å². The number of amides is 1. The van der Waals surface area contributed by atoms with Gasteiger partial charge in [0.25, 0.3) is 5.56 Å². The second-order valence-corrected chi connectivity index (χ2v) is 12.2. The van der Waals surface area contributed by atoms with Crippen molar-refractivity contribution in [3.05, 3.63) is 64.2 Å². The number of aromatic nitrogens is 2. The van der Waals surface area contributed by atoms with Crippen LogP contribution in [0.15, 0.2) is 58.1 Å². The second-order valence-electron chi connectivity index (χ2n) is 9.97. The molecule has 0 bridgehead atoms. The van der Waals surface area contributed by atoms with Gasteiger partial charge in [-0.3, -0.25) is 14.2 Å². The minimum atomic E-state index is -3.09. The summed E-state index contributed by atoms with van der Waals surface area (Å²) in [7, 11) is -3.09. The summed E-state index contributed by atoms with van der Waals surface area (Å²) in [6, 6.07) is 11.3. The molecule has 0 atom stereocenters. The molecule has 1 aromatic heterocycles. The highest BCUT2D eigenvalue weighted by Crippen LogP contribution is 2.32. The minimum absolute atomic E-state index is 0.00338. The first-order valence-electron chi connectivity index (χ1n) is 13.2. The Morgan fingerprint density at radius 2 is 1.77 bits per heavy atom. The van der Waals surface area contributed by atoms with Gasteiger partial charge >= 0.3 is 0 Å². The van der Waals surface area contributed by atoms with E-state index in [1.165, 1.54) is 17.2 Å². The molecule has 9 nitrogen and oxygen atoms in total. The van der Waals surface area contributed by atoms with Crippen molar-refractivity contribution >= 4 is 44.2 Å². The zero-order chi connectivity index (χ0) is 28.2. The topological polar surface area (TPSA) is 128 Å². The molecule has 0 saturated carbocycles. The average Bonchev–Trinajstić information content (AvgIpc) is 3.06. The Morgan fingerprint density at radius 3 is 2.46 bits per heavy atom. The van der Waals surface area contributed by atoms with Crippen molar-refractivity contribution < 1.29 is 13.2 Å². The van der Waals surface area contributed by atoms with E-state index in [0.29, 0.717) is 53.9 Å². The van der Waals surface area contributed by atoms with E-state index in [2.05, 4.69) is 23.8 Å². The van der Waals surface area contributed by atoms with Crippen LogP contribution in [0.1, 0.15) is 45.1 Å². The van der Waals surface area contributed by atoms with Crippen molar-refractivity contribution in [3.63, 3.8) is 0 Å². The van der Waals surface area contributed by atoms with Crippen molar-refractivity contribution in [3.8, 4) is 11.1 Å². The normalized spacial score (nSPS) is 13.4. The third kappa shape index (κ3) is 6.81. The van der Waals surface area contributed by atoms with Gasteiger partial charge in [0.05, 0.1) is 28.7 Å². The fourth-order valence-electron chi connectivity index (χ4n) is 4.76. The predicted molar refractivity (Wildman–Crippen MR) is 157 cm³/mol. The van der Waals surface area contributed by atoms with Crippen molar-refractivity contribution in [2.24, 2.45) is 10.7 Å². The van der Waals surface area contributed by atoms with Crippen molar-refractivity contribution in [1.29, 1.82) is 0 Å². The molecule has 206 valence electrons. The van der Waals surface area contributed by atoms with Crippen LogP contribution in [-0.4, -0.2) is 59.7 Å². The first-order valence-corrected chi connectivity index (χ1v) is 15.3. The van der Waals surface area contributed by atoms with Gasteiger partial charge in [0.2, 0.25) is 5.91 Å². The Kier molecular flexibility index (Phi) is 8.64. The van der Waals surface area contributed by atoms with Gasteiger partial charge in [-0.25, -0.2) is 18.4 Å². The average molecular weight is 550 g/mol. The fraction of sp³-hybridized carbons (Fsp3) is 0.379. The molecule has 1 aliphatic heterocycles. The van der Waals surface area contributed by atoms with E-state index in [0.717, 1.165) is 29.5 Å². The molecule has 0 radical (unpaired) electrons. The number of aryl methyl sites for hydroxylation is 1. The summed E-state index contributed by atoms with van der Waals surface area (Å²) in [5.74, 6) is 0.397. The Labute approximate surface area is 229 Å². The van der Waals surface area contributed by atoms with Crippen LogP contribution in [0.2, 0.25) is 0 Å². The molecule has 2 heterocycles. The van der Waals surface area contributed by atoms with Gasteiger partial charge in [0.15, 0.2) is 0 Å². The van der Waals surface area contributed by atoms with Gasteiger partial charge in [-0.05, 0) is 54.7 Å². The summed E-state index contributed by atoms with van der Waals surface area (Å²) in [5.41, 5.74) is 10.5. The SMILES string of the molecule is CCCN(CCC)C(=O)C1=Cc2ccc(-c3ccc4c(=O)n(CCCS(C)(=O)=O)cnc4c3)cc2N=C(N)C1. The first kappa shape index (κ1) is 28.2. The maximum atomic E-state index is 13.2. The smallest absolute Gasteiger partial charge is 0.261 e. The summed E-state index contributed by atoms with van der Waals surface area (Å²) < 4.78 is 24.2. The van der Waals surface area contributed by atoms with Crippen LogP contribution in [0.5, 0.6) is 0 Å². The maximum Gasteiger partial charge on any atom is 0.261 e. The standard InChI is InChI=1S/C29H35N5O4S/c1-4-11-33(12-5-2)28(35)23-15-22-8-7-20(16-25(22)32-27(30)18-23)21-9-10-24-26(17-21)31-19-34(29(24)36)13-6-14-39(3,37)38/h7-10,15-17,19H,4-6,11-14,18H2,1-3H3,(H2,30,32). The molecule has 1 aliphatic rings. The number of amidine groups is 1. The van der Waals surface area contributed by atoms with Crippen LogP contribution in [-0.2, 0) is 21.2 Å². The third-order valence-electron chi connectivity index (χ3n) is 6.62. The highest BCUT2D eigenvalue weighted by Gasteiger charge is 2.21. The fourth-order valence-corrected chi connectivity index (χ4v) is 5.41. The van der Waals surface area contributed by atoms with E-state index in [1.807, 2.05) is 41.3 Å². The lowest BCUT2D eigenvalue weighted by Gasteiger charge is -2.22. The summed E-state index contributed by atoms with van der Waals surface area (Å²) in [6.07, 6.45) is 6.95. The number of nitrogens with zero attached hydrogens (tertiary/aromatic N) is 4. The van der Waals surface area contributed by atoms with Gasteiger partial charge in [0, 0.05) is 43.4 Å². The lowest BCUT2D eigenvalue weighted by Crippen LogP contribution is -2.34. The van der Waals surface area contributed by atoms with E-state index in [1.54, 1.807) is 6.07 Å². The zero-order valence-corrected chi connectivity index (χ0v) is 23.5. The molecule has 0 aliphatic carbocycles. The van der Waals surface area contributed by atoms with Crippen LogP contribution in [0.25, 0.3) is 28.1 Å². The Bertz CT molecular complexity index is 1620. The van der Waals surface area contributed by atoms with Crippen LogP contribution in [0.3, 0.4) is 0 Å². The quantitative estimate of drug-likeness (QED) is 0.408. The summed E-state index contributed by atoms with van der Waals surface area (Å²) in [6.45, 7) is 5.81. The lowest BCUT2D eigenvalue weighted by atomic mass is 10.00. The summed E-state index contributed by atoms with van der Waals surface area (Å²) in [5, 5.41) is 0.465. The number of hydrogen-bond acceptors (Lipinski definition) is 7. The number of sulfone groups is 1. The van der Waals surface area contributed by atoms with Gasteiger partial charge in [-0.2, -0.15) is 0 Å². The Balaban J connectivity index is 1.63. The number of carbonyl (C=O) groups excluding carboxylic acids is 1. The van der Waals surface area contributed by atoms with Crippen molar-refractivity contribution in [1.82, 2.24) is 14.5 Å². The van der Waals surface area contributed by atoms with E-state index in [4.69, 9.17) is 5.73 Å². The molecule has 39 heavy (non-hydrogen) atoms. The number of fused-ring (bicyclic) bond motifs is 2. The van der Waals surface area contributed by atoms with Gasteiger partial charge in [-0.15, -0.1) is 0 Å². The molecule has 0 spiro atoms. The van der Waals surface area contributed by atoms with Crippen LogP contribution >= 0.6 is 0 Å². The number of benzene rings is 2. The molecule has 4 rings (SSSR count). The van der Waals surface area contributed by atoms with Crippen LogP contribution < -0.4 is 11.3 Å². The number of aliphatic imine (C=N–C) groups is 1. The second kappa shape index (κ2) is 11.9. The molecule has 0 fully saturated rings. The van der Waals surface area contributed by atoms with Crippen LogP contribution in [0.4, 0.5) is 5.69 Å². The van der Waals surface area contributed by atoms with Gasteiger partial charge in [-0.1, -0.05) is 32.0 Å². The molecule has 2 N–H and O–H groups in total. The molecule has 1 amide bonds. The summed E-state index contributed by atoms with van der Waals surface area (Å²) in [4.78, 5) is 37.1. The molecule has 10 heteroatoms. The molecular formula is C29H35N5O4S.